The summed E-state index contributed by atoms with van der Waals surface area (Å²) in [6, 6.07) is 5.68. The van der Waals surface area contributed by atoms with Crippen LogP contribution in [0.2, 0.25) is 5.02 Å². The van der Waals surface area contributed by atoms with Gasteiger partial charge in [0.15, 0.2) is 11.5 Å². The molecule has 0 aliphatic rings. The van der Waals surface area contributed by atoms with E-state index < -0.39 is 18.3 Å². The van der Waals surface area contributed by atoms with Gasteiger partial charge >= 0.3 is 18.3 Å². The van der Waals surface area contributed by atoms with Crippen LogP contribution in [0.4, 0.5) is 9.59 Å². The summed E-state index contributed by atoms with van der Waals surface area (Å²) in [6.45, 7) is 4.96. The molecule has 27 heavy (non-hydrogen) atoms. The van der Waals surface area contributed by atoms with Crippen LogP contribution in [0.3, 0.4) is 0 Å². The van der Waals surface area contributed by atoms with E-state index in [0.29, 0.717) is 10.4 Å². The van der Waals surface area contributed by atoms with Gasteiger partial charge in [0.25, 0.3) is 0 Å². The topological polar surface area (TPSA) is 97.4 Å². The number of esters is 1. The lowest BCUT2D eigenvalue weighted by Crippen LogP contribution is -2.14. The zero-order valence-corrected chi connectivity index (χ0v) is 15.4. The van der Waals surface area contributed by atoms with Crippen LogP contribution in [0, 0.1) is 0 Å². The molecule has 0 atom stereocenters. The SMILES string of the molecule is C=C(C)C(=O)Oc1c(OC(=O)OC)cc(OC(=O)OC)c2cc(Cl)ccc12. The van der Waals surface area contributed by atoms with Gasteiger partial charge in [0, 0.05) is 27.4 Å². The van der Waals surface area contributed by atoms with Crippen molar-refractivity contribution in [1.82, 2.24) is 0 Å². The van der Waals surface area contributed by atoms with Gasteiger partial charge in [-0.05, 0) is 25.1 Å². The first-order chi connectivity index (χ1) is 12.8. The van der Waals surface area contributed by atoms with Crippen molar-refractivity contribution in [2.24, 2.45) is 0 Å². The van der Waals surface area contributed by atoms with E-state index in [1.54, 1.807) is 0 Å². The van der Waals surface area contributed by atoms with Crippen LogP contribution >= 0.6 is 11.6 Å². The second kappa shape index (κ2) is 8.41. The molecule has 0 saturated carbocycles. The fourth-order valence-electron chi connectivity index (χ4n) is 2.02. The molecule has 0 fully saturated rings. The molecule has 2 aromatic carbocycles. The van der Waals surface area contributed by atoms with Crippen molar-refractivity contribution in [3.05, 3.63) is 41.4 Å². The Hall–Kier alpha value is -3.26. The minimum Gasteiger partial charge on any atom is -0.437 e. The molecule has 0 aliphatic carbocycles. The molecule has 9 heteroatoms. The highest BCUT2D eigenvalue weighted by atomic mass is 35.5. The molecular weight excluding hydrogens is 380 g/mol. The molecule has 2 rings (SSSR count). The lowest BCUT2D eigenvalue weighted by atomic mass is 10.1. The predicted octanol–water partition coefficient (Wildman–Crippen LogP) is 4.27. The molecule has 0 spiro atoms. The molecular formula is C18H15ClO8. The van der Waals surface area contributed by atoms with E-state index in [0.717, 1.165) is 14.2 Å². The number of benzene rings is 2. The molecule has 0 aromatic heterocycles. The van der Waals surface area contributed by atoms with E-state index >= 15 is 0 Å². The zero-order chi connectivity index (χ0) is 20.1. The van der Waals surface area contributed by atoms with Gasteiger partial charge in [0.1, 0.15) is 5.75 Å². The van der Waals surface area contributed by atoms with Crippen LogP contribution in [0.5, 0.6) is 17.2 Å². The third kappa shape index (κ3) is 4.68. The fraction of sp³-hybridized carbons (Fsp3) is 0.167. The number of fused-ring (bicyclic) bond motifs is 1. The Bertz CT molecular complexity index is 935. The molecule has 0 radical (unpaired) electrons. The van der Waals surface area contributed by atoms with Gasteiger partial charge in [-0.25, -0.2) is 14.4 Å². The summed E-state index contributed by atoms with van der Waals surface area (Å²) >= 11 is 6.02. The van der Waals surface area contributed by atoms with Crippen LogP contribution in [0.15, 0.2) is 36.4 Å². The molecule has 8 nitrogen and oxygen atoms in total. The maximum absolute atomic E-state index is 12.0. The van der Waals surface area contributed by atoms with Crippen LogP contribution in [0.1, 0.15) is 6.92 Å². The zero-order valence-electron chi connectivity index (χ0n) is 14.7. The van der Waals surface area contributed by atoms with E-state index in [-0.39, 0.29) is 28.2 Å². The van der Waals surface area contributed by atoms with Gasteiger partial charge in [0.2, 0.25) is 0 Å². The molecule has 142 valence electrons. The lowest BCUT2D eigenvalue weighted by Gasteiger charge is -2.15. The van der Waals surface area contributed by atoms with Crippen molar-refractivity contribution < 1.29 is 38.1 Å². The summed E-state index contributed by atoms with van der Waals surface area (Å²) in [7, 11) is 2.24. The summed E-state index contributed by atoms with van der Waals surface area (Å²) in [6.07, 6.45) is -2.08. The Morgan fingerprint density at radius 2 is 1.48 bits per heavy atom. The first-order valence-electron chi connectivity index (χ1n) is 7.42. The quantitative estimate of drug-likeness (QED) is 0.328. The number of hydrogen-bond acceptors (Lipinski definition) is 8. The smallest absolute Gasteiger partial charge is 0.437 e. The first-order valence-corrected chi connectivity index (χ1v) is 7.80. The molecule has 0 bridgehead atoms. The predicted molar refractivity (Wildman–Crippen MR) is 95.5 cm³/mol. The number of hydrogen-bond donors (Lipinski definition) is 0. The normalized spacial score (nSPS) is 10.1. The Labute approximate surface area is 159 Å². The third-order valence-corrected chi connectivity index (χ3v) is 3.48. The van der Waals surface area contributed by atoms with Gasteiger partial charge in [-0.3, -0.25) is 0 Å². The standard InChI is InChI=1S/C18H15ClO8/c1-9(2)16(20)27-15-11-6-5-10(19)7-12(11)13(25-17(21)23-3)8-14(15)26-18(22)24-4/h5-8H,1H2,2-4H3. The van der Waals surface area contributed by atoms with E-state index in [4.69, 9.17) is 25.8 Å². The Kier molecular flexibility index (Phi) is 6.25. The van der Waals surface area contributed by atoms with Gasteiger partial charge < -0.3 is 23.7 Å². The van der Waals surface area contributed by atoms with Gasteiger partial charge in [-0.2, -0.15) is 0 Å². The third-order valence-electron chi connectivity index (χ3n) is 3.24. The summed E-state index contributed by atoms with van der Waals surface area (Å²) in [5.41, 5.74) is 0.121. The average Bonchev–Trinajstić information content (AvgIpc) is 2.63. The van der Waals surface area contributed by atoms with E-state index in [1.165, 1.54) is 31.2 Å². The number of ether oxygens (including phenoxy) is 5. The molecule has 0 amide bonds. The monoisotopic (exact) mass is 394 g/mol. The minimum atomic E-state index is -1.07. The highest BCUT2D eigenvalue weighted by Gasteiger charge is 2.22. The van der Waals surface area contributed by atoms with Crippen molar-refractivity contribution >= 4 is 40.7 Å². The van der Waals surface area contributed by atoms with Crippen LogP contribution < -0.4 is 14.2 Å². The average molecular weight is 395 g/mol. The Morgan fingerprint density at radius 3 is 2.04 bits per heavy atom. The summed E-state index contributed by atoms with van der Waals surface area (Å²) < 4.78 is 24.4. The van der Waals surface area contributed by atoms with E-state index in [1.807, 2.05) is 0 Å². The first kappa shape index (κ1) is 20.1. The van der Waals surface area contributed by atoms with Crippen molar-refractivity contribution in [2.45, 2.75) is 6.92 Å². The molecule has 0 N–H and O–H groups in total. The number of carbonyl (C=O) groups is 3. The fourth-order valence-corrected chi connectivity index (χ4v) is 2.19. The highest BCUT2D eigenvalue weighted by Crippen LogP contribution is 2.43. The van der Waals surface area contributed by atoms with Crippen molar-refractivity contribution in [2.75, 3.05) is 14.2 Å². The Morgan fingerprint density at radius 1 is 0.889 bits per heavy atom. The van der Waals surface area contributed by atoms with Gasteiger partial charge in [0.05, 0.1) is 14.2 Å². The van der Waals surface area contributed by atoms with Crippen molar-refractivity contribution in [3.63, 3.8) is 0 Å². The molecule has 0 aliphatic heterocycles. The van der Waals surface area contributed by atoms with Crippen LogP contribution in [-0.2, 0) is 14.3 Å². The second-order valence-corrected chi connectivity index (χ2v) is 5.61. The summed E-state index contributed by atoms with van der Waals surface area (Å²) in [5, 5.41) is 0.931. The van der Waals surface area contributed by atoms with Crippen LogP contribution in [-0.4, -0.2) is 32.5 Å². The number of halogens is 1. The number of methoxy groups -OCH3 is 2. The van der Waals surface area contributed by atoms with Gasteiger partial charge in [-0.1, -0.05) is 18.2 Å². The van der Waals surface area contributed by atoms with Crippen molar-refractivity contribution in [1.29, 1.82) is 0 Å². The highest BCUT2D eigenvalue weighted by molar-refractivity contribution is 6.31. The molecule has 0 unspecified atom stereocenters. The maximum atomic E-state index is 12.0. The minimum absolute atomic E-state index is 0.0339. The van der Waals surface area contributed by atoms with E-state index in [2.05, 4.69) is 16.1 Å². The van der Waals surface area contributed by atoms with Crippen LogP contribution in [0.25, 0.3) is 10.8 Å². The molecule has 0 saturated heterocycles. The second-order valence-electron chi connectivity index (χ2n) is 5.17. The van der Waals surface area contributed by atoms with Crippen molar-refractivity contribution in [3.8, 4) is 17.2 Å². The molecule has 0 heterocycles. The Balaban J connectivity index is 2.74. The number of carbonyl (C=O) groups excluding carboxylic acids is 3. The maximum Gasteiger partial charge on any atom is 0.513 e. The van der Waals surface area contributed by atoms with Gasteiger partial charge in [-0.15, -0.1) is 0 Å². The summed E-state index contributed by atoms with van der Waals surface area (Å²) in [4.78, 5) is 35.1. The largest absolute Gasteiger partial charge is 0.513 e. The number of rotatable bonds is 4. The summed E-state index contributed by atoms with van der Waals surface area (Å²) in [5.74, 6) is -1.10. The van der Waals surface area contributed by atoms with E-state index in [9.17, 15) is 14.4 Å². The lowest BCUT2D eigenvalue weighted by molar-refractivity contribution is -0.130. The molecule has 2 aromatic rings.